The van der Waals surface area contributed by atoms with Crippen LogP contribution in [0.1, 0.15) is 25.2 Å². The van der Waals surface area contributed by atoms with Crippen molar-refractivity contribution in [2.75, 3.05) is 13.7 Å². The van der Waals surface area contributed by atoms with E-state index in [9.17, 15) is 0 Å². The quantitative estimate of drug-likeness (QED) is 0.809. The highest BCUT2D eigenvalue weighted by molar-refractivity contribution is 5.56. The number of nitrogens with zero attached hydrogens (tertiary/aromatic N) is 3. The minimum atomic E-state index is -0.125. The van der Waals surface area contributed by atoms with E-state index in [0.29, 0.717) is 6.61 Å². The number of aryl methyl sites for hydroxylation is 1. The Bertz CT molecular complexity index is 490. The van der Waals surface area contributed by atoms with Crippen molar-refractivity contribution >= 4 is 0 Å². The van der Waals surface area contributed by atoms with Crippen molar-refractivity contribution in [1.29, 1.82) is 0 Å². The zero-order valence-electron chi connectivity index (χ0n) is 10.8. The summed E-state index contributed by atoms with van der Waals surface area (Å²) in [4.78, 5) is 7.54. The molecule has 0 aromatic carbocycles. The number of hydrogen-bond donors (Lipinski definition) is 2. The monoisotopic (exact) mass is 249 g/mol. The number of nitrogens with two attached hydrogens (primary N) is 1. The largest absolute Gasteiger partial charge is 0.385 e. The van der Waals surface area contributed by atoms with Crippen LogP contribution in [0.5, 0.6) is 0 Å². The Morgan fingerprint density at radius 1 is 1.50 bits per heavy atom. The van der Waals surface area contributed by atoms with Gasteiger partial charge in [-0.15, -0.1) is 0 Å². The number of H-pyrrole nitrogens is 1. The van der Waals surface area contributed by atoms with Crippen molar-refractivity contribution in [2.24, 2.45) is 5.73 Å². The molecule has 0 aliphatic carbocycles. The average Bonchev–Trinajstić information content (AvgIpc) is 3.03. The van der Waals surface area contributed by atoms with Crippen LogP contribution in [0.4, 0.5) is 0 Å². The zero-order chi connectivity index (χ0) is 13.0. The molecule has 0 aliphatic heterocycles. The fourth-order valence-corrected chi connectivity index (χ4v) is 1.73. The molecule has 2 heterocycles. The first kappa shape index (κ1) is 12.8. The van der Waals surface area contributed by atoms with E-state index in [1.54, 1.807) is 13.3 Å². The van der Waals surface area contributed by atoms with Crippen LogP contribution < -0.4 is 5.73 Å². The van der Waals surface area contributed by atoms with Crippen molar-refractivity contribution in [1.82, 2.24) is 19.7 Å². The lowest BCUT2D eigenvalue weighted by Crippen LogP contribution is -2.14. The molecule has 1 atom stereocenters. The lowest BCUT2D eigenvalue weighted by molar-refractivity contribution is 0.187. The van der Waals surface area contributed by atoms with Gasteiger partial charge in [0, 0.05) is 32.0 Å². The van der Waals surface area contributed by atoms with Gasteiger partial charge in [0.2, 0.25) is 0 Å². The molecule has 0 saturated heterocycles. The number of rotatable bonds is 6. The van der Waals surface area contributed by atoms with E-state index in [1.165, 1.54) is 0 Å². The number of ether oxygens (including phenoxy) is 1. The Morgan fingerprint density at radius 2 is 2.33 bits per heavy atom. The summed E-state index contributed by atoms with van der Waals surface area (Å²) < 4.78 is 6.88. The van der Waals surface area contributed by atoms with E-state index in [-0.39, 0.29) is 6.04 Å². The Hall–Kier alpha value is -1.66. The summed E-state index contributed by atoms with van der Waals surface area (Å²) in [6.45, 7) is 3.54. The highest BCUT2D eigenvalue weighted by atomic mass is 16.5. The minimum Gasteiger partial charge on any atom is -0.385 e. The van der Waals surface area contributed by atoms with Gasteiger partial charge in [0.05, 0.1) is 24.1 Å². The summed E-state index contributed by atoms with van der Waals surface area (Å²) in [7, 11) is 1.67. The molecule has 18 heavy (non-hydrogen) atoms. The smallest absolute Gasteiger partial charge is 0.123 e. The standard InChI is InChI=1S/C12H19N5O/c1-3-17-8-9(6-15-17)11-7-14-12(16-11)10(13)4-5-18-2/h6-8,10H,3-5,13H2,1-2H3,(H,14,16). The van der Waals surface area contributed by atoms with Crippen molar-refractivity contribution in [3.8, 4) is 11.3 Å². The van der Waals surface area contributed by atoms with Gasteiger partial charge in [0.15, 0.2) is 0 Å². The third-order valence-corrected chi connectivity index (χ3v) is 2.85. The second-order valence-corrected chi connectivity index (χ2v) is 4.15. The molecule has 0 radical (unpaired) electrons. The third-order valence-electron chi connectivity index (χ3n) is 2.85. The van der Waals surface area contributed by atoms with Gasteiger partial charge in [-0.05, 0) is 13.3 Å². The first-order valence-corrected chi connectivity index (χ1v) is 6.06. The first-order valence-electron chi connectivity index (χ1n) is 6.06. The van der Waals surface area contributed by atoms with Gasteiger partial charge in [-0.3, -0.25) is 4.68 Å². The van der Waals surface area contributed by atoms with E-state index >= 15 is 0 Å². The van der Waals surface area contributed by atoms with Crippen LogP contribution in [0, 0.1) is 0 Å². The van der Waals surface area contributed by atoms with Gasteiger partial charge in [-0.1, -0.05) is 0 Å². The van der Waals surface area contributed by atoms with E-state index in [2.05, 4.69) is 22.0 Å². The molecule has 6 heteroatoms. The normalized spacial score (nSPS) is 12.8. The molecule has 2 aromatic rings. The summed E-state index contributed by atoms with van der Waals surface area (Å²) in [6, 6.07) is -0.125. The van der Waals surface area contributed by atoms with E-state index in [0.717, 1.165) is 30.0 Å². The molecule has 0 aliphatic rings. The lowest BCUT2D eigenvalue weighted by Gasteiger charge is -2.06. The molecule has 0 saturated carbocycles. The Labute approximate surface area is 106 Å². The van der Waals surface area contributed by atoms with Crippen LogP contribution in [-0.4, -0.2) is 33.5 Å². The maximum atomic E-state index is 6.01. The second kappa shape index (κ2) is 5.79. The van der Waals surface area contributed by atoms with Crippen molar-refractivity contribution in [3.63, 3.8) is 0 Å². The van der Waals surface area contributed by atoms with Gasteiger partial charge in [0.1, 0.15) is 5.82 Å². The van der Waals surface area contributed by atoms with Gasteiger partial charge >= 0.3 is 0 Å². The summed E-state index contributed by atoms with van der Waals surface area (Å²) in [6.07, 6.45) is 6.34. The molecule has 98 valence electrons. The Morgan fingerprint density at radius 3 is 3.00 bits per heavy atom. The first-order chi connectivity index (χ1) is 8.74. The number of hydrogen-bond acceptors (Lipinski definition) is 4. The fourth-order valence-electron chi connectivity index (χ4n) is 1.73. The van der Waals surface area contributed by atoms with E-state index in [1.807, 2.05) is 17.1 Å². The van der Waals surface area contributed by atoms with Crippen LogP contribution in [0.15, 0.2) is 18.6 Å². The van der Waals surface area contributed by atoms with Crippen molar-refractivity contribution in [3.05, 3.63) is 24.4 Å². The molecule has 0 fully saturated rings. The summed E-state index contributed by atoms with van der Waals surface area (Å²) in [5.74, 6) is 0.784. The topological polar surface area (TPSA) is 81.8 Å². The van der Waals surface area contributed by atoms with E-state index in [4.69, 9.17) is 10.5 Å². The average molecular weight is 249 g/mol. The maximum absolute atomic E-state index is 6.01. The third kappa shape index (κ3) is 2.77. The van der Waals surface area contributed by atoms with Crippen molar-refractivity contribution in [2.45, 2.75) is 25.9 Å². The van der Waals surface area contributed by atoms with Gasteiger partial charge in [0.25, 0.3) is 0 Å². The number of imidazole rings is 1. The van der Waals surface area contributed by atoms with Gasteiger partial charge in [-0.2, -0.15) is 5.10 Å². The predicted molar refractivity (Wildman–Crippen MR) is 68.9 cm³/mol. The molecule has 3 N–H and O–H groups in total. The molecule has 6 nitrogen and oxygen atoms in total. The molecule has 0 bridgehead atoms. The number of nitrogens with one attached hydrogen (secondary N) is 1. The number of aromatic amines is 1. The highest BCUT2D eigenvalue weighted by Gasteiger charge is 2.11. The highest BCUT2D eigenvalue weighted by Crippen LogP contribution is 2.19. The maximum Gasteiger partial charge on any atom is 0.123 e. The Kier molecular flexibility index (Phi) is 4.11. The molecule has 0 amide bonds. The molecular formula is C12H19N5O. The lowest BCUT2D eigenvalue weighted by atomic mass is 10.2. The molecule has 2 rings (SSSR count). The van der Waals surface area contributed by atoms with Crippen LogP contribution in [0.2, 0.25) is 0 Å². The molecule has 1 unspecified atom stereocenters. The molecule has 2 aromatic heterocycles. The van der Waals surface area contributed by atoms with Gasteiger partial charge in [-0.25, -0.2) is 4.98 Å². The van der Waals surface area contributed by atoms with Crippen LogP contribution in [0.3, 0.4) is 0 Å². The zero-order valence-corrected chi connectivity index (χ0v) is 10.8. The number of methoxy groups -OCH3 is 1. The molecule has 0 spiro atoms. The SMILES string of the molecule is CCn1cc(-c2cnc(C(N)CCOC)[nH]2)cn1. The summed E-state index contributed by atoms with van der Waals surface area (Å²) >= 11 is 0. The molecular weight excluding hydrogens is 230 g/mol. The van der Waals surface area contributed by atoms with Crippen LogP contribution >= 0.6 is 0 Å². The summed E-state index contributed by atoms with van der Waals surface area (Å²) in [5, 5.41) is 4.23. The number of aromatic nitrogens is 4. The second-order valence-electron chi connectivity index (χ2n) is 4.15. The van der Waals surface area contributed by atoms with Crippen molar-refractivity contribution < 1.29 is 4.74 Å². The van der Waals surface area contributed by atoms with E-state index < -0.39 is 0 Å². The Balaban J connectivity index is 2.09. The van der Waals surface area contributed by atoms with Crippen LogP contribution in [-0.2, 0) is 11.3 Å². The minimum absolute atomic E-state index is 0.125. The predicted octanol–water partition coefficient (Wildman–Crippen LogP) is 1.33. The fraction of sp³-hybridized carbons (Fsp3) is 0.500. The summed E-state index contributed by atoms with van der Waals surface area (Å²) in [5.41, 5.74) is 7.97. The van der Waals surface area contributed by atoms with Crippen LogP contribution in [0.25, 0.3) is 11.3 Å². The van der Waals surface area contributed by atoms with Gasteiger partial charge < -0.3 is 15.5 Å².